The smallest absolute Gasteiger partial charge is 0.356 e. The number of carbonyl (C=O) groups excluding carboxylic acids is 1. The standard InChI is InChI=1S/C12H21N3O2/c13-12(14,15)10(16)17-6-11-4-7-1-8(5-11)3-9(11)2-7/h7-9H,1-6,13-15H2. The maximum Gasteiger partial charge on any atom is 0.356 e. The fraction of sp³-hybridized carbons (Fsp3) is 0.917. The van der Waals surface area contributed by atoms with Gasteiger partial charge in [0.2, 0.25) is 5.79 Å². The zero-order chi connectivity index (χ0) is 12.3. The molecule has 0 spiro atoms. The van der Waals surface area contributed by atoms with Crippen LogP contribution in [0.5, 0.6) is 0 Å². The lowest BCUT2D eigenvalue weighted by Crippen LogP contribution is -2.65. The van der Waals surface area contributed by atoms with Crippen LogP contribution in [0.2, 0.25) is 0 Å². The Morgan fingerprint density at radius 3 is 2.29 bits per heavy atom. The molecule has 2 unspecified atom stereocenters. The molecule has 17 heavy (non-hydrogen) atoms. The monoisotopic (exact) mass is 239 g/mol. The molecule has 0 aromatic heterocycles. The van der Waals surface area contributed by atoms with E-state index in [-0.39, 0.29) is 5.41 Å². The van der Waals surface area contributed by atoms with Gasteiger partial charge in [0.25, 0.3) is 0 Å². The van der Waals surface area contributed by atoms with E-state index in [9.17, 15) is 4.79 Å². The summed E-state index contributed by atoms with van der Waals surface area (Å²) in [5, 5.41) is 0. The molecule has 0 heterocycles. The maximum atomic E-state index is 11.5. The van der Waals surface area contributed by atoms with Gasteiger partial charge in [-0.3, -0.25) is 17.2 Å². The van der Waals surface area contributed by atoms with Crippen LogP contribution in [0.4, 0.5) is 0 Å². The van der Waals surface area contributed by atoms with Gasteiger partial charge in [-0.05, 0) is 49.9 Å². The van der Waals surface area contributed by atoms with E-state index in [0.717, 1.165) is 17.8 Å². The molecule has 0 aromatic carbocycles. The highest BCUT2D eigenvalue weighted by atomic mass is 16.5. The van der Waals surface area contributed by atoms with E-state index in [1.54, 1.807) is 0 Å². The fourth-order valence-electron chi connectivity index (χ4n) is 4.53. The van der Waals surface area contributed by atoms with E-state index in [1.807, 2.05) is 0 Å². The number of rotatable bonds is 3. The van der Waals surface area contributed by atoms with E-state index >= 15 is 0 Å². The molecule has 4 aliphatic carbocycles. The van der Waals surface area contributed by atoms with Crippen LogP contribution < -0.4 is 17.2 Å². The van der Waals surface area contributed by atoms with Crippen molar-refractivity contribution in [3.05, 3.63) is 0 Å². The molecule has 4 saturated carbocycles. The Balaban J connectivity index is 1.65. The van der Waals surface area contributed by atoms with Gasteiger partial charge in [-0.1, -0.05) is 0 Å². The predicted octanol–water partition coefficient (Wildman–Crippen LogP) is -0.114. The summed E-state index contributed by atoms with van der Waals surface area (Å²) in [6.07, 6.45) is 6.41. The third-order valence-corrected chi connectivity index (χ3v) is 5.00. The summed E-state index contributed by atoms with van der Waals surface area (Å²) in [7, 11) is 0. The molecule has 4 aliphatic rings. The molecule has 4 fully saturated rings. The molecular weight excluding hydrogens is 218 g/mol. The van der Waals surface area contributed by atoms with Crippen LogP contribution >= 0.6 is 0 Å². The van der Waals surface area contributed by atoms with Crippen molar-refractivity contribution in [3.63, 3.8) is 0 Å². The average molecular weight is 239 g/mol. The second-order valence-corrected chi connectivity index (χ2v) is 6.42. The maximum absolute atomic E-state index is 11.5. The highest BCUT2D eigenvalue weighted by Crippen LogP contribution is 2.65. The largest absolute Gasteiger partial charge is 0.462 e. The number of esters is 1. The van der Waals surface area contributed by atoms with Crippen LogP contribution in [-0.2, 0) is 9.53 Å². The lowest BCUT2D eigenvalue weighted by molar-refractivity contribution is -0.154. The fourth-order valence-corrected chi connectivity index (χ4v) is 4.53. The second kappa shape index (κ2) is 3.43. The molecule has 6 N–H and O–H groups in total. The summed E-state index contributed by atoms with van der Waals surface area (Å²) in [6, 6.07) is 0. The van der Waals surface area contributed by atoms with Crippen molar-refractivity contribution in [2.75, 3.05) is 6.61 Å². The number of carbonyl (C=O) groups is 1. The molecule has 0 amide bonds. The molecule has 4 rings (SSSR count). The van der Waals surface area contributed by atoms with Crippen LogP contribution in [0.1, 0.15) is 32.1 Å². The van der Waals surface area contributed by atoms with E-state index < -0.39 is 11.8 Å². The van der Waals surface area contributed by atoms with E-state index in [4.69, 9.17) is 21.9 Å². The Kier molecular flexibility index (Phi) is 2.31. The number of ether oxygens (including phenoxy) is 1. The summed E-state index contributed by atoms with van der Waals surface area (Å²) in [5.41, 5.74) is 16.2. The normalized spacial score (nSPS) is 43.1. The third kappa shape index (κ3) is 1.77. The Labute approximate surface area is 101 Å². The van der Waals surface area contributed by atoms with Gasteiger partial charge in [-0.2, -0.15) is 0 Å². The first-order valence-corrected chi connectivity index (χ1v) is 6.43. The topological polar surface area (TPSA) is 104 Å². The predicted molar refractivity (Wildman–Crippen MR) is 62.2 cm³/mol. The first-order valence-electron chi connectivity index (χ1n) is 6.43. The van der Waals surface area contributed by atoms with Crippen LogP contribution in [0.25, 0.3) is 0 Å². The second-order valence-electron chi connectivity index (χ2n) is 6.42. The number of nitrogens with two attached hydrogens (primary N) is 3. The Morgan fingerprint density at radius 1 is 1.18 bits per heavy atom. The highest BCUT2D eigenvalue weighted by molar-refractivity contribution is 5.78. The minimum atomic E-state index is -1.85. The van der Waals surface area contributed by atoms with Crippen molar-refractivity contribution in [2.24, 2.45) is 40.4 Å². The number of hydrogen-bond acceptors (Lipinski definition) is 5. The minimum absolute atomic E-state index is 0.217. The van der Waals surface area contributed by atoms with Crippen LogP contribution in [0.3, 0.4) is 0 Å². The van der Waals surface area contributed by atoms with Crippen molar-refractivity contribution in [3.8, 4) is 0 Å². The van der Waals surface area contributed by atoms with Gasteiger partial charge in [0.15, 0.2) is 0 Å². The molecular formula is C12H21N3O2. The highest BCUT2D eigenvalue weighted by Gasteiger charge is 2.58. The van der Waals surface area contributed by atoms with Crippen molar-refractivity contribution in [1.82, 2.24) is 0 Å². The Hall–Kier alpha value is -0.650. The van der Waals surface area contributed by atoms with Gasteiger partial charge in [-0.25, -0.2) is 4.79 Å². The van der Waals surface area contributed by atoms with Crippen molar-refractivity contribution >= 4 is 5.97 Å². The summed E-state index contributed by atoms with van der Waals surface area (Å²) < 4.78 is 5.25. The summed E-state index contributed by atoms with van der Waals surface area (Å²) in [5.74, 6) is -0.110. The van der Waals surface area contributed by atoms with Gasteiger partial charge in [-0.15, -0.1) is 0 Å². The zero-order valence-electron chi connectivity index (χ0n) is 10.0. The summed E-state index contributed by atoms with van der Waals surface area (Å²) >= 11 is 0. The van der Waals surface area contributed by atoms with Gasteiger partial charge in [0.1, 0.15) is 0 Å². The van der Waals surface area contributed by atoms with Crippen LogP contribution in [-0.4, -0.2) is 18.4 Å². The van der Waals surface area contributed by atoms with Crippen molar-refractivity contribution < 1.29 is 9.53 Å². The first-order chi connectivity index (χ1) is 7.89. The average Bonchev–Trinajstić information content (AvgIpc) is 2.59. The quantitative estimate of drug-likeness (QED) is 0.470. The van der Waals surface area contributed by atoms with E-state index in [1.165, 1.54) is 32.1 Å². The van der Waals surface area contributed by atoms with Gasteiger partial charge < -0.3 is 4.74 Å². The van der Waals surface area contributed by atoms with Crippen molar-refractivity contribution in [2.45, 2.75) is 37.9 Å². The van der Waals surface area contributed by atoms with Gasteiger partial charge >= 0.3 is 5.97 Å². The van der Waals surface area contributed by atoms with Crippen molar-refractivity contribution in [1.29, 1.82) is 0 Å². The molecule has 0 aliphatic heterocycles. The van der Waals surface area contributed by atoms with Gasteiger partial charge in [0, 0.05) is 5.41 Å². The molecule has 5 heteroatoms. The molecule has 0 aromatic rings. The Morgan fingerprint density at radius 2 is 1.76 bits per heavy atom. The molecule has 5 nitrogen and oxygen atoms in total. The van der Waals surface area contributed by atoms with Crippen LogP contribution in [0.15, 0.2) is 0 Å². The lowest BCUT2D eigenvalue weighted by atomic mass is 9.76. The molecule has 4 bridgehead atoms. The SMILES string of the molecule is NC(N)(N)C(=O)OCC12CC3CC(CC1C3)C2. The molecule has 0 radical (unpaired) electrons. The van der Waals surface area contributed by atoms with E-state index in [2.05, 4.69) is 0 Å². The molecule has 2 atom stereocenters. The Bertz CT molecular complexity index is 336. The molecule has 0 saturated heterocycles. The zero-order valence-corrected chi connectivity index (χ0v) is 10.0. The number of hydrogen-bond donors (Lipinski definition) is 3. The summed E-state index contributed by atoms with van der Waals surface area (Å²) in [6.45, 7) is 0.455. The lowest BCUT2D eigenvalue weighted by Gasteiger charge is -2.33. The first kappa shape index (κ1) is 11.4. The van der Waals surface area contributed by atoms with Crippen LogP contribution in [0, 0.1) is 23.2 Å². The van der Waals surface area contributed by atoms with Gasteiger partial charge in [0.05, 0.1) is 6.61 Å². The third-order valence-electron chi connectivity index (χ3n) is 5.00. The molecule has 96 valence electrons. The van der Waals surface area contributed by atoms with E-state index in [0.29, 0.717) is 6.61 Å². The summed E-state index contributed by atoms with van der Waals surface area (Å²) in [4.78, 5) is 11.5. The minimum Gasteiger partial charge on any atom is -0.462 e.